The van der Waals surface area contributed by atoms with Crippen molar-refractivity contribution in [2.75, 3.05) is 20.2 Å². The van der Waals surface area contributed by atoms with Gasteiger partial charge in [-0.15, -0.1) is 12.4 Å². The molecule has 0 spiro atoms. The second-order valence-corrected chi connectivity index (χ2v) is 4.46. The molecule has 1 fully saturated rings. The second kappa shape index (κ2) is 6.24. The van der Waals surface area contributed by atoms with Crippen LogP contribution < -0.4 is 10.1 Å². The van der Waals surface area contributed by atoms with Crippen molar-refractivity contribution in [3.8, 4) is 5.75 Å². The third-order valence-electron chi connectivity index (χ3n) is 3.25. The van der Waals surface area contributed by atoms with E-state index in [0.29, 0.717) is 6.42 Å². The maximum absolute atomic E-state index is 10.4. The first-order valence-electron chi connectivity index (χ1n) is 5.78. The molecule has 0 aromatic heterocycles. The van der Waals surface area contributed by atoms with Gasteiger partial charge in [-0.3, -0.25) is 0 Å². The molecule has 2 rings (SSSR count). The molecule has 0 atom stereocenters. The third kappa shape index (κ3) is 3.60. The summed E-state index contributed by atoms with van der Waals surface area (Å²) < 4.78 is 5.31. The van der Waals surface area contributed by atoms with E-state index in [4.69, 9.17) is 4.74 Å². The van der Waals surface area contributed by atoms with Crippen LogP contribution in [0.3, 0.4) is 0 Å². The second-order valence-electron chi connectivity index (χ2n) is 4.46. The molecular weight excluding hydrogens is 238 g/mol. The first-order chi connectivity index (χ1) is 7.73. The van der Waals surface area contributed by atoms with Crippen molar-refractivity contribution in [1.82, 2.24) is 5.32 Å². The van der Waals surface area contributed by atoms with Gasteiger partial charge in [0.15, 0.2) is 0 Å². The molecule has 0 amide bonds. The van der Waals surface area contributed by atoms with Crippen LogP contribution in [0.4, 0.5) is 0 Å². The summed E-state index contributed by atoms with van der Waals surface area (Å²) in [5, 5.41) is 13.7. The van der Waals surface area contributed by atoms with Crippen molar-refractivity contribution in [2.24, 2.45) is 0 Å². The average Bonchev–Trinajstić information content (AvgIpc) is 2.30. The minimum absolute atomic E-state index is 0. The molecule has 4 heteroatoms. The number of ether oxygens (including phenoxy) is 1. The van der Waals surface area contributed by atoms with Gasteiger partial charge in [-0.05, 0) is 37.6 Å². The molecule has 1 aliphatic rings. The van der Waals surface area contributed by atoms with Crippen molar-refractivity contribution < 1.29 is 9.84 Å². The number of rotatable bonds is 3. The van der Waals surface area contributed by atoms with Crippen LogP contribution >= 0.6 is 12.4 Å². The van der Waals surface area contributed by atoms with Gasteiger partial charge in [0.2, 0.25) is 0 Å². The van der Waals surface area contributed by atoms with Gasteiger partial charge < -0.3 is 15.2 Å². The molecule has 17 heavy (non-hydrogen) atoms. The molecule has 1 saturated heterocycles. The molecule has 0 bridgehead atoms. The number of halogens is 1. The number of aliphatic hydroxyl groups is 1. The lowest BCUT2D eigenvalue weighted by atomic mass is 9.86. The maximum atomic E-state index is 10.4. The third-order valence-corrected chi connectivity index (χ3v) is 3.25. The minimum atomic E-state index is -0.570. The van der Waals surface area contributed by atoms with E-state index in [9.17, 15) is 5.11 Å². The summed E-state index contributed by atoms with van der Waals surface area (Å²) in [6.07, 6.45) is 2.30. The van der Waals surface area contributed by atoms with E-state index in [2.05, 4.69) is 5.32 Å². The lowest BCUT2D eigenvalue weighted by Crippen LogP contribution is -2.43. The minimum Gasteiger partial charge on any atom is -0.496 e. The zero-order valence-electron chi connectivity index (χ0n) is 10.1. The normalized spacial score (nSPS) is 18.2. The van der Waals surface area contributed by atoms with Crippen molar-refractivity contribution in [1.29, 1.82) is 0 Å². The molecule has 1 heterocycles. The van der Waals surface area contributed by atoms with E-state index < -0.39 is 5.60 Å². The molecule has 1 aromatic carbocycles. The molecular formula is C13H20ClNO2. The van der Waals surface area contributed by atoms with E-state index in [-0.39, 0.29) is 12.4 Å². The highest BCUT2D eigenvalue weighted by Crippen LogP contribution is 2.27. The Labute approximate surface area is 109 Å². The van der Waals surface area contributed by atoms with E-state index in [0.717, 1.165) is 37.2 Å². The predicted octanol–water partition coefficient (Wildman–Crippen LogP) is 1.77. The Hall–Kier alpha value is -0.770. The topological polar surface area (TPSA) is 41.5 Å². The number of piperidine rings is 1. The smallest absolute Gasteiger partial charge is 0.122 e. The average molecular weight is 258 g/mol. The number of benzene rings is 1. The first-order valence-corrected chi connectivity index (χ1v) is 5.78. The van der Waals surface area contributed by atoms with Crippen LogP contribution in [-0.2, 0) is 6.42 Å². The molecule has 0 unspecified atom stereocenters. The number of hydrogen-bond donors (Lipinski definition) is 2. The van der Waals surface area contributed by atoms with Gasteiger partial charge in [0, 0.05) is 6.42 Å². The van der Waals surface area contributed by atoms with Crippen molar-refractivity contribution in [3.63, 3.8) is 0 Å². The van der Waals surface area contributed by atoms with Gasteiger partial charge in [-0.25, -0.2) is 0 Å². The monoisotopic (exact) mass is 257 g/mol. The molecule has 96 valence electrons. The molecule has 2 N–H and O–H groups in total. The standard InChI is InChI=1S/C13H19NO2.ClH/c1-16-12-5-3-2-4-11(12)10-13(15)6-8-14-9-7-13;/h2-5,14-15H,6-10H2,1H3;1H. The van der Waals surface area contributed by atoms with E-state index >= 15 is 0 Å². The van der Waals surface area contributed by atoms with E-state index in [1.54, 1.807) is 7.11 Å². The van der Waals surface area contributed by atoms with Crippen LogP contribution in [0.25, 0.3) is 0 Å². The quantitative estimate of drug-likeness (QED) is 0.867. The van der Waals surface area contributed by atoms with Crippen LogP contribution in [0, 0.1) is 0 Å². The summed E-state index contributed by atoms with van der Waals surface area (Å²) >= 11 is 0. The van der Waals surface area contributed by atoms with Crippen molar-refractivity contribution in [2.45, 2.75) is 24.9 Å². The number of methoxy groups -OCH3 is 1. The summed E-state index contributed by atoms with van der Waals surface area (Å²) in [4.78, 5) is 0. The van der Waals surface area contributed by atoms with E-state index in [1.807, 2.05) is 24.3 Å². The Bertz CT molecular complexity index is 351. The van der Waals surface area contributed by atoms with Crippen LogP contribution in [0.5, 0.6) is 5.75 Å². The Morgan fingerprint density at radius 3 is 2.59 bits per heavy atom. The largest absolute Gasteiger partial charge is 0.496 e. The summed E-state index contributed by atoms with van der Waals surface area (Å²) in [6, 6.07) is 7.91. The Kier molecular flexibility index (Phi) is 5.25. The fraction of sp³-hybridized carbons (Fsp3) is 0.538. The van der Waals surface area contributed by atoms with Gasteiger partial charge in [0.05, 0.1) is 12.7 Å². The maximum Gasteiger partial charge on any atom is 0.122 e. The molecule has 0 aliphatic carbocycles. The molecule has 3 nitrogen and oxygen atoms in total. The number of nitrogens with one attached hydrogen (secondary N) is 1. The highest BCUT2D eigenvalue weighted by Gasteiger charge is 2.30. The predicted molar refractivity (Wildman–Crippen MR) is 71.0 cm³/mol. The van der Waals surface area contributed by atoms with Crippen LogP contribution in [-0.4, -0.2) is 30.9 Å². The lowest BCUT2D eigenvalue weighted by molar-refractivity contribution is 0.0104. The highest BCUT2D eigenvalue weighted by atomic mass is 35.5. The summed E-state index contributed by atoms with van der Waals surface area (Å²) in [6.45, 7) is 1.79. The van der Waals surface area contributed by atoms with Gasteiger partial charge in [-0.2, -0.15) is 0 Å². The highest BCUT2D eigenvalue weighted by molar-refractivity contribution is 5.85. The Morgan fingerprint density at radius 2 is 1.94 bits per heavy atom. The van der Waals surface area contributed by atoms with Gasteiger partial charge >= 0.3 is 0 Å². The van der Waals surface area contributed by atoms with Crippen LogP contribution in [0.15, 0.2) is 24.3 Å². The molecule has 0 saturated carbocycles. The van der Waals surface area contributed by atoms with Crippen LogP contribution in [0.1, 0.15) is 18.4 Å². The summed E-state index contributed by atoms with van der Waals surface area (Å²) in [7, 11) is 1.67. The van der Waals surface area contributed by atoms with E-state index in [1.165, 1.54) is 0 Å². The molecule has 1 aromatic rings. The van der Waals surface area contributed by atoms with Crippen molar-refractivity contribution >= 4 is 12.4 Å². The summed E-state index contributed by atoms with van der Waals surface area (Å²) in [5.41, 5.74) is 0.522. The number of hydrogen-bond acceptors (Lipinski definition) is 3. The van der Waals surface area contributed by atoms with Gasteiger partial charge in [0.1, 0.15) is 5.75 Å². The first kappa shape index (κ1) is 14.3. The zero-order chi connectivity index (χ0) is 11.4. The SMILES string of the molecule is COc1ccccc1CC1(O)CCNCC1.Cl. The zero-order valence-corrected chi connectivity index (χ0v) is 10.9. The summed E-state index contributed by atoms with van der Waals surface area (Å²) in [5.74, 6) is 0.870. The van der Waals surface area contributed by atoms with Crippen LogP contribution in [0.2, 0.25) is 0 Å². The Morgan fingerprint density at radius 1 is 1.29 bits per heavy atom. The molecule has 1 aliphatic heterocycles. The fourth-order valence-electron chi connectivity index (χ4n) is 2.27. The lowest BCUT2D eigenvalue weighted by Gasteiger charge is -2.33. The fourth-order valence-corrected chi connectivity index (χ4v) is 2.27. The van der Waals surface area contributed by atoms with Gasteiger partial charge in [-0.1, -0.05) is 18.2 Å². The number of para-hydroxylation sites is 1. The van der Waals surface area contributed by atoms with Gasteiger partial charge in [0.25, 0.3) is 0 Å². The van der Waals surface area contributed by atoms with Crippen molar-refractivity contribution in [3.05, 3.63) is 29.8 Å². The molecule has 0 radical (unpaired) electrons. The Balaban J connectivity index is 0.00000144.